The Bertz CT molecular complexity index is 1560. The summed E-state index contributed by atoms with van der Waals surface area (Å²) in [5.74, 6) is 1.03. The molecule has 6 nitrogen and oxygen atoms in total. The lowest BCUT2D eigenvalue weighted by molar-refractivity contribution is 0.141. The standard InChI is InChI=1S/C27H27N5O/c1-17-13-14-20-19-9-8-12-23(24(19)33-25(20)28-17)31-15-16-32(18(31)2)27(3,4)26-29-21-10-6-7-11-22(21)30(26)5/h6-16,18H,1-5H3. The summed E-state index contributed by atoms with van der Waals surface area (Å²) in [6.07, 6.45) is 4.37. The number of para-hydroxylation sites is 3. The third kappa shape index (κ3) is 2.80. The molecule has 0 saturated carbocycles. The van der Waals surface area contributed by atoms with Crippen molar-refractivity contribution in [1.82, 2.24) is 19.4 Å². The van der Waals surface area contributed by atoms with E-state index < -0.39 is 0 Å². The van der Waals surface area contributed by atoms with Gasteiger partial charge in [-0.1, -0.05) is 24.3 Å². The van der Waals surface area contributed by atoms with E-state index in [0.29, 0.717) is 5.71 Å². The summed E-state index contributed by atoms with van der Waals surface area (Å²) in [6.45, 7) is 8.66. The van der Waals surface area contributed by atoms with Crippen LogP contribution in [0.25, 0.3) is 33.1 Å². The average molecular weight is 438 g/mol. The molecule has 4 heterocycles. The van der Waals surface area contributed by atoms with Crippen LogP contribution in [0.4, 0.5) is 5.69 Å². The maximum atomic E-state index is 6.27. The smallest absolute Gasteiger partial charge is 0.227 e. The van der Waals surface area contributed by atoms with Crippen LogP contribution in [0.3, 0.4) is 0 Å². The lowest BCUT2D eigenvalue weighted by atomic mass is 10.0. The van der Waals surface area contributed by atoms with Crippen molar-refractivity contribution in [3.63, 3.8) is 0 Å². The highest BCUT2D eigenvalue weighted by Crippen LogP contribution is 2.40. The number of furan rings is 1. The lowest BCUT2D eigenvalue weighted by Gasteiger charge is -2.40. The number of imidazole rings is 1. The molecule has 6 heteroatoms. The second kappa shape index (κ2) is 6.85. The third-order valence-electron chi connectivity index (χ3n) is 6.93. The quantitative estimate of drug-likeness (QED) is 0.344. The van der Waals surface area contributed by atoms with Crippen molar-refractivity contribution in [2.24, 2.45) is 7.05 Å². The molecule has 1 atom stereocenters. The van der Waals surface area contributed by atoms with Crippen molar-refractivity contribution < 1.29 is 4.42 Å². The summed E-state index contributed by atoms with van der Waals surface area (Å²) < 4.78 is 8.47. The Hall–Kier alpha value is -3.80. The highest BCUT2D eigenvalue weighted by Gasteiger charge is 2.39. The number of benzene rings is 2. The van der Waals surface area contributed by atoms with Gasteiger partial charge in [-0.05, 0) is 58.0 Å². The molecule has 0 radical (unpaired) electrons. The molecule has 0 amide bonds. The van der Waals surface area contributed by atoms with Crippen molar-refractivity contribution in [2.75, 3.05) is 4.90 Å². The van der Waals surface area contributed by atoms with Gasteiger partial charge in [-0.2, -0.15) is 0 Å². The van der Waals surface area contributed by atoms with Gasteiger partial charge in [0.15, 0.2) is 5.58 Å². The fourth-order valence-corrected chi connectivity index (χ4v) is 5.23. The minimum absolute atomic E-state index is 0.0771. The van der Waals surface area contributed by atoms with Gasteiger partial charge in [-0.15, -0.1) is 0 Å². The summed E-state index contributed by atoms with van der Waals surface area (Å²) in [4.78, 5) is 14.2. The summed E-state index contributed by atoms with van der Waals surface area (Å²) in [6, 6.07) is 18.7. The molecule has 0 N–H and O–H groups in total. The van der Waals surface area contributed by atoms with E-state index in [4.69, 9.17) is 9.40 Å². The van der Waals surface area contributed by atoms with Crippen LogP contribution in [0.1, 0.15) is 32.3 Å². The largest absolute Gasteiger partial charge is 0.435 e. The van der Waals surface area contributed by atoms with Crippen LogP contribution < -0.4 is 4.90 Å². The van der Waals surface area contributed by atoms with E-state index in [2.05, 4.69) is 102 Å². The molecular formula is C27H27N5O. The van der Waals surface area contributed by atoms with Crippen LogP contribution in [-0.4, -0.2) is 25.6 Å². The first-order chi connectivity index (χ1) is 15.9. The number of nitrogens with zero attached hydrogens (tertiary/aromatic N) is 5. The fraction of sp³-hybridized carbons (Fsp3) is 0.259. The van der Waals surface area contributed by atoms with Gasteiger partial charge in [0.2, 0.25) is 5.71 Å². The van der Waals surface area contributed by atoms with E-state index in [-0.39, 0.29) is 11.7 Å². The Kier molecular flexibility index (Phi) is 4.12. The first-order valence-corrected chi connectivity index (χ1v) is 11.3. The maximum Gasteiger partial charge on any atom is 0.227 e. The van der Waals surface area contributed by atoms with Crippen molar-refractivity contribution in [3.8, 4) is 0 Å². The Morgan fingerprint density at radius 2 is 1.73 bits per heavy atom. The molecule has 2 aromatic carbocycles. The number of anilines is 1. The van der Waals surface area contributed by atoms with E-state index in [1.165, 1.54) is 0 Å². The lowest BCUT2D eigenvalue weighted by Crippen LogP contribution is -2.47. The zero-order valence-electron chi connectivity index (χ0n) is 19.6. The molecule has 1 unspecified atom stereocenters. The number of hydrogen-bond acceptors (Lipinski definition) is 5. The molecule has 0 aliphatic carbocycles. The van der Waals surface area contributed by atoms with Crippen LogP contribution in [-0.2, 0) is 12.6 Å². The minimum atomic E-state index is -0.321. The zero-order valence-corrected chi connectivity index (χ0v) is 19.6. The average Bonchev–Trinajstić information content (AvgIpc) is 3.47. The van der Waals surface area contributed by atoms with E-state index >= 15 is 0 Å². The topological polar surface area (TPSA) is 50.3 Å². The van der Waals surface area contributed by atoms with Crippen molar-refractivity contribution >= 4 is 38.8 Å². The maximum absolute atomic E-state index is 6.27. The van der Waals surface area contributed by atoms with Crippen molar-refractivity contribution in [2.45, 2.75) is 39.4 Å². The highest BCUT2D eigenvalue weighted by atomic mass is 16.3. The number of pyridine rings is 1. The summed E-state index contributed by atoms with van der Waals surface area (Å²) in [5, 5.41) is 2.13. The molecule has 1 aliphatic rings. The Morgan fingerprint density at radius 1 is 0.909 bits per heavy atom. The molecule has 0 fully saturated rings. The van der Waals surface area contributed by atoms with Gasteiger partial charge in [0, 0.05) is 35.9 Å². The molecule has 0 bridgehead atoms. The Balaban J connectivity index is 1.41. The van der Waals surface area contributed by atoms with Gasteiger partial charge in [0.1, 0.15) is 12.0 Å². The van der Waals surface area contributed by atoms with E-state index in [0.717, 1.165) is 44.6 Å². The van der Waals surface area contributed by atoms with Gasteiger partial charge in [0.05, 0.1) is 22.3 Å². The predicted molar refractivity (Wildman–Crippen MR) is 133 cm³/mol. The van der Waals surface area contributed by atoms with Crippen molar-refractivity contribution in [1.29, 1.82) is 0 Å². The van der Waals surface area contributed by atoms with Crippen LogP contribution in [0.15, 0.2) is 71.4 Å². The number of rotatable bonds is 3. The number of aromatic nitrogens is 3. The summed E-state index contributed by atoms with van der Waals surface area (Å²) >= 11 is 0. The first-order valence-electron chi connectivity index (χ1n) is 11.3. The van der Waals surface area contributed by atoms with Crippen LogP contribution in [0, 0.1) is 6.92 Å². The van der Waals surface area contributed by atoms with E-state index in [1.807, 2.05) is 19.1 Å². The molecule has 33 heavy (non-hydrogen) atoms. The highest BCUT2D eigenvalue weighted by molar-refractivity contribution is 6.08. The number of aryl methyl sites for hydroxylation is 2. The molecule has 6 rings (SSSR count). The van der Waals surface area contributed by atoms with E-state index in [1.54, 1.807) is 0 Å². The number of fused-ring (bicyclic) bond motifs is 4. The second-order valence-corrected chi connectivity index (χ2v) is 9.35. The SMILES string of the molecule is Cc1ccc2c(n1)oc1c(N3C=CN(C(C)(C)c4nc5ccccc5n4C)C3C)cccc12. The predicted octanol–water partition coefficient (Wildman–Crippen LogP) is 6.05. The van der Waals surface area contributed by atoms with E-state index in [9.17, 15) is 0 Å². The van der Waals surface area contributed by atoms with Crippen molar-refractivity contribution in [3.05, 3.63) is 78.5 Å². The zero-order chi connectivity index (χ0) is 22.9. The van der Waals surface area contributed by atoms with Crippen LogP contribution >= 0.6 is 0 Å². The summed E-state index contributed by atoms with van der Waals surface area (Å²) in [7, 11) is 2.10. The second-order valence-electron chi connectivity index (χ2n) is 9.35. The molecule has 0 spiro atoms. The molecular weight excluding hydrogens is 410 g/mol. The molecule has 0 saturated heterocycles. The van der Waals surface area contributed by atoms with Gasteiger partial charge in [-0.25, -0.2) is 9.97 Å². The Morgan fingerprint density at radius 3 is 2.55 bits per heavy atom. The van der Waals surface area contributed by atoms with Crippen LogP contribution in [0.5, 0.6) is 0 Å². The number of hydrogen-bond donors (Lipinski definition) is 0. The van der Waals surface area contributed by atoms with Gasteiger partial charge < -0.3 is 18.8 Å². The molecule has 5 aromatic rings. The normalized spacial score (nSPS) is 16.7. The Labute approximate surface area is 192 Å². The fourth-order valence-electron chi connectivity index (χ4n) is 5.23. The first kappa shape index (κ1) is 19.9. The summed E-state index contributed by atoms with van der Waals surface area (Å²) in [5.41, 5.74) is 5.38. The van der Waals surface area contributed by atoms with Gasteiger partial charge in [-0.3, -0.25) is 0 Å². The molecule has 166 valence electrons. The van der Waals surface area contributed by atoms with Crippen LogP contribution in [0.2, 0.25) is 0 Å². The third-order valence-corrected chi connectivity index (χ3v) is 6.93. The molecule has 1 aliphatic heterocycles. The molecule has 3 aromatic heterocycles. The van der Waals surface area contributed by atoms with Gasteiger partial charge in [0.25, 0.3) is 0 Å². The monoisotopic (exact) mass is 437 g/mol. The van der Waals surface area contributed by atoms with Gasteiger partial charge >= 0.3 is 0 Å². The minimum Gasteiger partial charge on any atom is -0.435 e.